The van der Waals surface area contributed by atoms with E-state index in [0.29, 0.717) is 23.5 Å². The molecular weight excluding hydrogens is 264 g/mol. The maximum Gasteiger partial charge on any atom is 0.315 e. The van der Waals surface area contributed by atoms with Crippen LogP contribution >= 0.6 is 11.8 Å². The monoisotopic (exact) mass is 284 g/mol. The normalized spacial score (nSPS) is 23.1. The summed E-state index contributed by atoms with van der Waals surface area (Å²) in [6.07, 6.45) is 6.78. The number of aromatic nitrogens is 2. The molecule has 0 spiro atoms. The van der Waals surface area contributed by atoms with Gasteiger partial charge in [0.1, 0.15) is 0 Å². The van der Waals surface area contributed by atoms with Gasteiger partial charge in [0.15, 0.2) is 5.82 Å². The number of carbonyl (C=O) groups is 1. The Morgan fingerprint density at radius 3 is 2.95 bits per heavy atom. The van der Waals surface area contributed by atoms with Crippen LogP contribution < -0.4 is 10.6 Å². The Hall–Kier alpha value is -1.24. The Morgan fingerprint density at radius 2 is 2.26 bits per heavy atom. The molecule has 0 aromatic carbocycles. The van der Waals surface area contributed by atoms with Crippen molar-refractivity contribution in [3.63, 3.8) is 0 Å². The maximum absolute atomic E-state index is 11.8. The smallest absolute Gasteiger partial charge is 0.315 e. The van der Waals surface area contributed by atoms with Gasteiger partial charge in [0, 0.05) is 18.2 Å². The molecule has 1 aliphatic carbocycles. The van der Waals surface area contributed by atoms with Crippen molar-refractivity contribution in [1.29, 1.82) is 0 Å². The van der Waals surface area contributed by atoms with E-state index in [-0.39, 0.29) is 12.1 Å². The summed E-state index contributed by atoms with van der Waals surface area (Å²) >= 11 is 1.83. The van der Waals surface area contributed by atoms with E-state index in [0.717, 1.165) is 6.42 Å². The first-order valence-electron chi connectivity index (χ1n) is 6.55. The second-order valence-electron chi connectivity index (χ2n) is 4.72. The lowest BCUT2D eigenvalue weighted by molar-refractivity contribution is 0.232. The molecule has 1 aliphatic rings. The summed E-state index contributed by atoms with van der Waals surface area (Å²) < 4.78 is 4.85. The average molecular weight is 284 g/mol. The molecule has 19 heavy (non-hydrogen) atoms. The highest BCUT2D eigenvalue weighted by Gasteiger charge is 2.25. The Kier molecular flexibility index (Phi) is 5.07. The zero-order chi connectivity index (χ0) is 13.7. The molecule has 1 aromatic heterocycles. The number of nitrogens with one attached hydrogen (secondary N) is 2. The summed E-state index contributed by atoms with van der Waals surface area (Å²) in [5.74, 6) is 1.00. The lowest BCUT2D eigenvalue weighted by Crippen LogP contribution is -2.47. The summed E-state index contributed by atoms with van der Waals surface area (Å²) in [6, 6.07) is 0.101. The van der Waals surface area contributed by atoms with Crippen LogP contribution in [0.15, 0.2) is 4.52 Å². The fourth-order valence-electron chi connectivity index (χ4n) is 2.34. The van der Waals surface area contributed by atoms with Crippen molar-refractivity contribution in [2.45, 2.75) is 50.4 Å². The number of aryl methyl sites for hydroxylation is 1. The fourth-order valence-corrected chi connectivity index (χ4v) is 3.27. The number of rotatable bonds is 4. The van der Waals surface area contributed by atoms with Gasteiger partial charge in [-0.15, -0.1) is 0 Å². The molecule has 0 saturated heterocycles. The van der Waals surface area contributed by atoms with Gasteiger partial charge in [-0.25, -0.2) is 4.79 Å². The van der Waals surface area contributed by atoms with Gasteiger partial charge < -0.3 is 15.2 Å². The van der Waals surface area contributed by atoms with Gasteiger partial charge in [0.05, 0.1) is 6.54 Å². The van der Waals surface area contributed by atoms with Crippen molar-refractivity contribution in [2.75, 3.05) is 6.26 Å². The van der Waals surface area contributed by atoms with E-state index in [1.54, 1.807) is 6.92 Å². The van der Waals surface area contributed by atoms with Crippen LogP contribution in [0.5, 0.6) is 0 Å². The first kappa shape index (κ1) is 14.2. The lowest BCUT2D eigenvalue weighted by Gasteiger charge is -2.30. The van der Waals surface area contributed by atoms with E-state index >= 15 is 0 Å². The molecule has 1 aromatic rings. The van der Waals surface area contributed by atoms with Crippen LogP contribution in [0.25, 0.3) is 0 Å². The van der Waals surface area contributed by atoms with E-state index in [2.05, 4.69) is 27.0 Å². The van der Waals surface area contributed by atoms with Crippen LogP contribution in [0.4, 0.5) is 4.79 Å². The van der Waals surface area contributed by atoms with Gasteiger partial charge in [0.25, 0.3) is 0 Å². The minimum Gasteiger partial charge on any atom is -0.340 e. The summed E-state index contributed by atoms with van der Waals surface area (Å²) in [6.45, 7) is 2.02. The third-order valence-corrected chi connectivity index (χ3v) is 4.47. The molecule has 6 nitrogen and oxygen atoms in total. The SMILES string of the molecule is CS[C@H]1CCCC[C@H]1NC(=O)NCc1noc(C)n1. The first-order valence-corrected chi connectivity index (χ1v) is 7.84. The summed E-state index contributed by atoms with van der Waals surface area (Å²) in [5, 5.41) is 10.1. The van der Waals surface area contributed by atoms with E-state index in [9.17, 15) is 4.79 Å². The maximum atomic E-state index is 11.8. The van der Waals surface area contributed by atoms with Gasteiger partial charge in [0.2, 0.25) is 5.89 Å². The van der Waals surface area contributed by atoms with Crippen LogP contribution in [-0.2, 0) is 6.54 Å². The quantitative estimate of drug-likeness (QED) is 0.882. The standard InChI is InChI=1S/C12H20N4O2S/c1-8-14-11(16-18-8)7-13-12(17)15-9-5-3-4-6-10(9)19-2/h9-10H,3-7H2,1-2H3,(H2,13,15,17)/t9-,10+/m1/s1. The number of hydrogen-bond donors (Lipinski definition) is 2. The van der Waals surface area contributed by atoms with Gasteiger partial charge in [-0.1, -0.05) is 18.0 Å². The molecule has 106 valence electrons. The van der Waals surface area contributed by atoms with Gasteiger partial charge >= 0.3 is 6.03 Å². The molecule has 0 radical (unpaired) electrons. The van der Waals surface area contributed by atoms with Crippen molar-refractivity contribution < 1.29 is 9.32 Å². The molecule has 2 N–H and O–H groups in total. The van der Waals surface area contributed by atoms with Crippen molar-refractivity contribution in [3.05, 3.63) is 11.7 Å². The molecule has 7 heteroatoms. The minimum absolute atomic E-state index is 0.159. The zero-order valence-electron chi connectivity index (χ0n) is 11.3. The number of urea groups is 1. The lowest BCUT2D eigenvalue weighted by atomic mass is 9.95. The largest absolute Gasteiger partial charge is 0.340 e. The van der Waals surface area contributed by atoms with E-state index < -0.39 is 0 Å². The third-order valence-electron chi connectivity index (χ3n) is 3.30. The molecule has 0 aliphatic heterocycles. The number of hydrogen-bond acceptors (Lipinski definition) is 5. The highest BCUT2D eigenvalue weighted by atomic mass is 32.2. The topological polar surface area (TPSA) is 80.0 Å². The number of nitrogens with zero attached hydrogens (tertiary/aromatic N) is 2. The Labute approximate surface area is 117 Å². The fraction of sp³-hybridized carbons (Fsp3) is 0.750. The van der Waals surface area contributed by atoms with Crippen LogP contribution in [0.3, 0.4) is 0 Å². The van der Waals surface area contributed by atoms with E-state index in [1.165, 1.54) is 19.3 Å². The summed E-state index contributed by atoms with van der Waals surface area (Å²) in [7, 11) is 0. The first-order chi connectivity index (χ1) is 9.19. The second kappa shape index (κ2) is 6.79. The number of carbonyl (C=O) groups excluding carboxylic acids is 1. The number of thioether (sulfide) groups is 1. The zero-order valence-corrected chi connectivity index (χ0v) is 12.1. The molecule has 1 heterocycles. The van der Waals surface area contributed by atoms with Crippen molar-refractivity contribution in [2.24, 2.45) is 0 Å². The highest BCUT2D eigenvalue weighted by molar-refractivity contribution is 7.99. The minimum atomic E-state index is -0.159. The van der Waals surface area contributed by atoms with E-state index in [1.807, 2.05) is 11.8 Å². The second-order valence-corrected chi connectivity index (χ2v) is 5.80. The van der Waals surface area contributed by atoms with Gasteiger partial charge in [-0.3, -0.25) is 0 Å². The third kappa shape index (κ3) is 4.12. The Morgan fingerprint density at radius 1 is 1.47 bits per heavy atom. The highest BCUT2D eigenvalue weighted by Crippen LogP contribution is 2.26. The van der Waals surface area contributed by atoms with Crippen LogP contribution in [0, 0.1) is 6.92 Å². The average Bonchev–Trinajstić information content (AvgIpc) is 2.83. The van der Waals surface area contributed by atoms with Crippen molar-refractivity contribution in [3.8, 4) is 0 Å². The Balaban J connectivity index is 1.77. The van der Waals surface area contributed by atoms with Crippen LogP contribution in [0.1, 0.15) is 37.4 Å². The molecule has 0 unspecified atom stereocenters. The summed E-state index contributed by atoms with van der Waals surface area (Å²) in [5.41, 5.74) is 0. The molecule has 1 saturated carbocycles. The molecule has 0 bridgehead atoms. The number of amides is 2. The van der Waals surface area contributed by atoms with E-state index in [4.69, 9.17) is 4.52 Å². The molecular formula is C12H20N4O2S. The Bertz CT molecular complexity index is 424. The molecule has 1 fully saturated rings. The molecule has 2 atom stereocenters. The van der Waals surface area contributed by atoms with Gasteiger partial charge in [-0.05, 0) is 19.1 Å². The predicted molar refractivity (Wildman–Crippen MR) is 74.0 cm³/mol. The molecule has 2 rings (SSSR count). The predicted octanol–water partition coefficient (Wildman–Crippen LogP) is 1.85. The molecule has 2 amide bonds. The van der Waals surface area contributed by atoms with Crippen molar-refractivity contribution >= 4 is 17.8 Å². The summed E-state index contributed by atoms with van der Waals surface area (Å²) in [4.78, 5) is 15.9. The van der Waals surface area contributed by atoms with Crippen LogP contribution in [-0.4, -0.2) is 33.7 Å². The van der Waals surface area contributed by atoms with Crippen molar-refractivity contribution in [1.82, 2.24) is 20.8 Å². The van der Waals surface area contributed by atoms with Crippen LogP contribution in [0.2, 0.25) is 0 Å². The van der Waals surface area contributed by atoms with Gasteiger partial charge in [-0.2, -0.15) is 16.7 Å².